The quantitative estimate of drug-likeness (QED) is 0.467. The van der Waals surface area contributed by atoms with Crippen LogP contribution in [0.1, 0.15) is 23.2 Å². The second kappa shape index (κ2) is 5.20. The van der Waals surface area contributed by atoms with Gasteiger partial charge in [0.1, 0.15) is 17.4 Å². The highest BCUT2D eigenvalue weighted by Crippen LogP contribution is 2.25. The van der Waals surface area contributed by atoms with Gasteiger partial charge in [0.15, 0.2) is 0 Å². The molecule has 2 rings (SSSR count). The third kappa shape index (κ3) is 2.48. The fourth-order valence-electron chi connectivity index (χ4n) is 1.99. The van der Waals surface area contributed by atoms with Crippen LogP contribution in [0.4, 0.5) is 5.69 Å². The molecule has 7 nitrogen and oxygen atoms in total. The van der Waals surface area contributed by atoms with Gasteiger partial charge in [-0.25, -0.2) is 4.98 Å². The molecule has 0 aromatic carbocycles. The maximum atomic E-state index is 12.2. The molecular formula is C11H9ClN4O3. The standard InChI is InChI=1S/C11H9ClN4O3/c12-10-9(4-8(6-14-10)16(18)19)11(17)15-3-1-2-7(15)5-13/h4,6-7H,1-3H2. The van der Waals surface area contributed by atoms with E-state index in [9.17, 15) is 14.9 Å². The summed E-state index contributed by atoms with van der Waals surface area (Å²) in [6.45, 7) is 0.441. The van der Waals surface area contributed by atoms with Crippen LogP contribution in [0.2, 0.25) is 5.15 Å². The van der Waals surface area contributed by atoms with E-state index in [0.717, 1.165) is 18.7 Å². The van der Waals surface area contributed by atoms with E-state index >= 15 is 0 Å². The van der Waals surface area contributed by atoms with E-state index in [1.165, 1.54) is 4.90 Å². The Morgan fingerprint density at radius 2 is 2.42 bits per heavy atom. The van der Waals surface area contributed by atoms with E-state index in [4.69, 9.17) is 16.9 Å². The minimum Gasteiger partial charge on any atom is -0.323 e. The van der Waals surface area contributed by atoms with Gasteiger partial charge in [0, 0.05) is 12.6 Å². The summed E-state index contributed by atoms with van der Waals surface area (Å²) >= 11 is 5.80. The Hall–Kier alpha value is -2.20. The van der Waals surface area contributed by atoms with Gasteiger partial charge in [-0.1, -0.05) is 11.6 Å². The predicted octanol–water partition coefficient (Wildman–Crippen LogP) is 1.77. The number of hydrogen-bond acceptors (Lipinski definition) is 5. The third-order valence-corrected chi connectivity index (χ3v) is 3.23. The van der Waals surface area contributed by atoms with E-state index in [2.05, 4.69) is 4.98 Å². The number of likely N-dealkylation sites (tertiary alicyclic amines) is 1. The van der Waals surface area contributed by atoms with E-state index < -0.39 is 16.9 Å². The second-order valence-corrected chi connectivity index (χ2v) is 4.43. The number of pyridine rings is 1. The minimum atomic E-state index is -0.647. The number of hydrogen-bond donors (Lipinski definition) is 0. The van der Waals surface area contributed by atoms with Crippen LogP contribution in [0.25, 0.3) is 0 Å². The molecule has 1 amide bonds. The van der Waals surface area contributed by atoms with Crippen molar-refractivity contribution in [2.75, 3.05) is 6.54 Å². The van der Waals surface area contributed by atoms with Crippen molar-refractivity contribution >= 4 is 23.2 Å². The Labute approximate surface area is 113 Å². The van der Waals surface area contributed by atoms with Crippen LogP contribution in [0.3, 0.4) is 0 Å². The van der Waals surface area contributed by atoms with E-state index in [-0.39, 0.29) is 16.4 Å². The molecule has 98 valence electrons. The van der Waals surface area contributed by atoms with Crippen LogP contribution >= 0.6 is 11.6 Å². The summed E-state index contributed by atoms with van der Waals surface area (Å²) in [7, 11) is 0. The summed E-state index contributed by atoms with van der Waals surface area (Å²) in [6, 6.07) is 2.61. The average molecular weight is 281 g/mol. The molecule has 0 spiro atoms. The van der Waals surface area contributed by atoms with Crippen molar-refractivity contribution in [1.82, 2.24) is 9.88 Å². The molecule has 1 unspecified atom stereocenters. The summed E-state index contributed by atoms with van der Waals surface area (Å²) in [6.07, 6.45) is 2.32. The van der Waals surface area contributed by atoms with Crippen molar-refractivity contribution in [3.05, 3.63) is 33.1 Å². The number of nitriles is 1. The van der Waals surface area contributed by atoms with Gasteiger partial charge in [-0.05, 0) is 12.8 Å². The number of carbonyl (C=O) groups is 1. The molecule has 19 heavy (non-hydrogen) atoms. The largest absolute Gasteiger partial charge is 0.323 e. The third-order valence-electron chi connectivity index (χ3n) is 2.93. The molecule has 1 aliphatic heterocycles. The fourth-order valence-corrected chi connectivity index (χ4v) is 2.17. The van der Waals surface area contributed by atoms with Crippen LogP contribution in [-0.2, 0) is 0 Å². The summed E-state index contributed by atoms with van der Waals surface area (Å²) in [5, 5.41) is 19.5. The lowest BCUT2D eigenvalue weighted by atomic mass is 10.2. The van der Waals surface area contributed by atoms with Crippen molar-refractivity contribution in [2.45, 2.75) is 18.9 Å². The molecule has 1 fully saturated rings. The predicted molar refractivity (Wildman–Crippen MR) is 65.6 cm³/mol. The van der Waals surface area contributed by atoms with Crippen molar-refractivity contribution in [3.8, 4) is 6.07 Å². The lowest BCUT2D eigenvalue weighted by Gasteiger charge is -2.19. The fraction of sp³-hybridized carbons (Fsp3) is 0.364. The number of rotatable bonds is 2. The molecule has 1 aromatic rings. The van der Waals surface area contributed by atoms with Crippen LogP contribution in [0.15, 0.2) is 12.3 Å². The zero-order valence-corrected chi connectivity index (χ0v) is 10.5. The normalized spacial score (nSPS) is 18.1. The maximum Gasteiger partial charge on any atom is 0.288 e. The van der Waals surface area contributed by atoms with Gasteiger partial charge in [-0.3, -0.25) is 14.9 Å². The first-order chi connectivity index (χ1) is 9.04. The lowest BCUT2D eigenvalue weighted by Crippen LogP contribution is -2.34. The highest BCUT2D eigenvalue weighted by molar-refractivity contribution is 6.32. The average Bonchev–Trinajstić information content (AvgIpc) is 2.86. The maximum absolute atomic E-state index is 12.2. The SMILES string of the molecule is N#CC1CCCN1C(=O)c1cc([N+](=O)[O-])cnc1Cl. The molecule has 8 heteroatoms. The summed E-state index contributed by atoms with van der Waals surface area (Å²) in [4.78, 5) is 27.3. The van der Waals surface area contributed by atoms with Crippen LogP contribution in [0.5, 0.6) is 0 Å². The van der Waals surface area contributed by atoms with Gasteiger partial charge in [-0.15, -0.1) is 0 Å². The number of nitro groups is 1. The molecule has 1 aromatic heterocycles. The van der Waals surface area contributed by atoms with Crippen LogP contribution < -0.4 is 0 Å². The molecule has 0 aliphatic carbocycles. The smallest absolute Gasteiger partial charge is 0.288 e. The van der Waals surface area contributed by atoms with Gasteiger partial charge in [-0.2, -0.15) is 5.26 Å². The lowest BCUT2D eigenvalue weighted by molar-refractivity contribution is -0.385. The van der Waals surface area contributed by atoms with Gasteiger partial charge in [0.25, 0.3) is 11.6 Å². The first-order valence-corrected chi connectivity index (χ1v) is 5.93. The van der Waals surface area contributed by atoms with Gasteiger partial charge >= 0.3 is 0 Å². The molecule has 0 saturated carbocycles. The Morgan fingerprint density at radius 1 is 1.68 bits per heavy atom. The van der Waals surface area contributed by atoms with Gasteiger partial charge in [0.2, 0.25) is 0 Å². The molecular weight excluding hydrogens is 272 g/mol. The highest BCUT2D eigenvalue weighted by atomic mass is 35.5. The summed E-state index contributed by atoms with van der Waals surface area (Å²) in [5.41, 5.74) is -0.349. The number of carbonyl (C=O) groups excluding carboxylic acids is 1. The number of nitrogens with zero attached hydrogens (tertiary/aromatic N) is 4. The minimum absolute atomic E-state index is 0.0435. The van der Waals surface area contributed by atoms with Crippen molar-refractivity contribution in [3.63, 3.8) is 0 Å². The molecule has 1 aliphatic rings. The van der Waals surface area contributed by atoms with E-state index in [1.807, 2.05) is 6.07 Å². The van der Waals surface area contributed by atoms with Crippen LogP contribution in [0, 0.1) is 21.4 Å². The molecule has 0 bridgehead atoms. The van der Waals surface area contributed by atoms with Crippen molar-refractivity contribution in [1.29, 1.82) is 5.26 Å². The monoisotopic (exact) mass is 280 g/mol. The van der Waals surface area contributed by atoms with E-state index in [0.29, 0.717) is 13.0 Å². The molecule has 1 atom stereocenters. The number of aromatic nitrogens is 1. The Morgan fingerprint density at radius 3 is 3.05 bits per heavy atom. The highest BCUT2D eigenvalue weighted by Gasteiger charge is 2.31. The van der Waals surface area contributed by atoms with E-state index in [1.54, 1.807) is 0 Å². The molecule has 0 radical (unpaired) electrons. The topological polar surface area (TPSA) is 100 Å². The van der Waals surface area contributed by atoms with Crippen molar-refractivity contribution in [2.24, 2.45) is 0 Å². The molecule has 2 heterocycles. The second-order valence-electron chi connectivity index (χ2n) is 4.07. The number of amides is 1. The van der Waals surface area contributed by atoms with Crippen LogP contribution in [-0.4, -0.2) is 33.3 Å². The summed E-state index contributed by atoms with van der Waals surface area (Å²) < 4.78 is 0. The first-order valence-electron chi connectivity index (χ1n) is 5.55. The Kier molecular flexibility index (Phi) is 3.62. The van der Waals surface area contributed by atoms with Gasteiger partial charge < -0.3 is 4.90 Å². The van der Waals surface area contributed by atoms with Crippen molar-refractivity contribution < 1.29 is 9.72 Å². The number of halogens is 1. The Bertz CT molecular complexity index is 584. The summed E-state index contributed by atoms with van der Waals surface area (Å²) in [5.74, 6) is -0.495. The molecule has 1 saturated heterocycles. The molecule has 0 N–H and O–H groups in total. The zero-order chi connectivity index (χ0) is 14.0. The zero-order valence-electron chi connectivity index (χ0n) is 9.74. The van der Waals surface area contributed by atoms with Gasteiger partial charge in [0.05, 0.1) is 16.6 Å². The first kappa shape index (κ1) is 13.2. The Balaban J connectivity index is 2.36.